The second kappa shape index (κ2) is 49.6. The van der Waals surface area contributed by atoms with E-state index in [-0.39, 0.29) is 5.41 Å². The van der Waals surface area contributed by atoms with E-state index in [1.165, 1.54) is 25.6 Å². The fourth-order valence-corrected chi connectivity index (χ4v) is 4.08. The number of sulfonamides is 1. The first-order valence-electron chi connectivity index (χ1n) is 26.0. The Morgan fingerprint density at radius 3 is 0.955 bits per heavy atom. The van der Waals surface area contributed by atoms with Crippen molar-refractivity contribution in [3.63, 3.8) is 0 Å². The van der Waals surface area contributed by atoms with Gasteiger partial charge < -0.3 is 28.6 Å². The third-order valence-corrected chi connectivity index (χ3v) is 8.73. The third kappa shape index (κ3) is 144. The summed E-state index contributed by atoms with van der Waals surface area (Å²) in [6.07, 6.45) is 11.8. The Hall–Kier alpha value is -0.330. The number of hydrogen-bond acceptors (Lipinski definition) is 8. The highest BCUT2D eigenvalue weighted by Gasteiger charge is 2.12. The largest absolute Gasteiger partial charge is 0.385 e. The van der Waals surface area contributed by atoms with Crippen LogP contribution < -0.4 is 4.72 Å². The molecule has 0 saturated heterocycles. The van der Waals surface area contributed by atoms with Gasteiger partial charge >= 0.3 is 0 Å². The van der Waals surface area contributed by atoms with Gasteiger partial charge in [0.05, 0.1) is 12.4 Å². The van der Waals surface area contributed by atoms with Crippen LogP contribution in [0, 0.1) is 32.5 Å². The summed E-state index contributed by atoms with van der Waals surface area (Å²) in [6.45, 7) is 65.3. The van der Waals surface area contributed by atoms with Gasteiger partial charge in [-0.3, -0.25) is 0 Å². The standard InChI is InChI=1S/C9H20O.C8H19N.2C8H18O.C7H17NO2S.C7H16O.C6H14O.C3H8/c1-5-7-10-8-6-9(2,3)4;1-8(2,3)6-7-9(4)5;2*1-5-9-7-6-8(2,3)4;1-7(2,3)5-6-8-11(4,9)10;1-7(2,3)5-6-8-4;1-4-5-7-6(2)3;1-3-2/h5-8H2,1-4H3;6-7H2,1-5H3;2*5-7H2,1-4H3;8H,5-6H2,1-4H3;5-6H2,1-4H3;6H,4-5H2,1-3H3;3H2,1-2H3. The molecule has 9 nitrogen and oxygen atoms in total. The monoisotopic (exact) mass is 975 g/mol. The quantitative estimate of drug-likeness (QED) is 0.121. The van der Waals surface area contributed by atoms with Crippen LogP contribution in [-0.4, -0.2) is 113 Å². The van der Waals surface area contributed by atoms with Crippen molar-refractivity contribution in [2.45, 2.75) is 244 Å². The van der Waals surface area contributed by atoms with E-state index >= 15 is 0 Å². The van der Waals surface area contributed by atoms with Crippen LogP contribution in [0.4, 0.5) is 0 Å². The summed E-state index contributed by atoms with van der Waals surface area (Å²) >= 11 is 0. The lowest BCUT2D eigenvalue weighted by molar-refractivity contribution is 0.0794. The highest BCUT2D eigenvalue weighted by Crippen LogP contribution is 2.20. The van der Waals surface area contributed by atoms with Gasteiger partial charge in [0.15, 0.2) is 0 Å². The Kier molecular flexibility index (Phi) is 62.1. The Morgan fingerprint density at radius 1 is 0.470 bits per heavy atom. The zero-order chi connectivity index (χ0) is 54.3. The molecule has 10 heteroatoms. The molecule has 0 aromatic heterocycles. The molecule has 66 heavy (non-hydrogen) atoms. The summed E-state index contributed by atoms with van der Waals surface area (Å²) < 4.78 is 49.5. The molecular weight excluding hydrogens is 845 g/mol. The van der Waals surface area contributed by atoms with Gasteiger partial charge in [-0.05, 0) is 132 Å². The van der Waals surface area contributed by atoms with E-state index in [1.807, 2.05) is 13.8 Å². The summed E-state index contributed by atoms with van der Waals surface area (Å²) in [5.41, 5.74) is 2.38. The second-order valence-corrected chi connectivity index (χ2v) is 26.8. The predicted octanol–water partition coefficient (Wildman–Crippen LogP) is 16.0. The van der Waals surface area contributed by atoms with E-state index in [9.17, 15) is 8.42 Å². The first kappa shape index (κ1) is 82.6. The van der Waals surface area contributed by atoms with Crippen molar-refractivity contribution in [2.24, 2.45) is 32.5 Å². The molecule has 0 heterocycles. The van der Waals surface area contributed by atoms with Gasteiger partial charge in [-0.15, -0.1) is 0 Å². The molecule has 0 aromatic rings. The van der Waals surface area contributed by atoms with Gasteiger partial charge in [0.2, 0.25) is 10.0 Å². The molecule has 0 atom stereocenters. The van der Waals surface area contributed by atoms with E-state index in [0.29, 0.717) is 39.7 Å². The van der Waals surface area contributed by atoms with Crippen LogP contribution in [0.15, 0.2) is 0 Å². The Balaban J connectivity index is -0.0000000984. The maximum absolute atomic E-state index is 10.6. The van der Waals surface area contributed by atoms with Crippen molar-refractivity contribution < 1.29 is 32.1 Å². The van der Waals surface area contributed by atoms with E-state index < -0.39 is 10.0 Å². The minimum atomic E-state index is -3.00. The van der Waals surface area contributed by atoms with Gasteiger partial charge in [-0.25, -0.2) is 13.1 Å². The number of nitrogens with one attached hydrogen (secondary N) is 1. The topological polar surface area (TPSA) is 95.6 Å². The van der Waals surface area contributed by atoms with Gasteiger partial charge in [-0.1, -0.05) is 159 Å². The molecule has 0 spiro atoms. The normalized spacial score (nSPS) is 11.9. The zero-order valence-electron chi connectivity index (χ0n) is 51.2. The minimum Gasteiger partial charge on any atom is -0.385 e. The number of methoxy groups -OCH3 is 1. The van der Waals surface area contributed by atoms with E-state index in [4.69, 9.17) is 23.7 Å². The fraction of sp³-hybridized carbons (Fsp3) is 1.00. The summed E-state index contributed by atoms with van der Waals surface area (Å²) in [4.78, 5) is 2.23. The lowest BCUT2D eigenvalue weighted by Gasteiger charge is -2.20. The van der Waals surface area contributed by atoms with E-state index in [0.717, 1.165) is 97.8 Å². The first-order chi connectivity index (χ1) is 29.6. The summed E-state index contributed by atoms with van der Waals surface area (Å²) in [5.74, 6) is 0. The second-order valence-electron chi connectivity index (χ2n) is 25.0. The number of rotatable bonds is 20. The molecule has 0 aliphatic rings. The van der Waals surface area contributed by atoms with E-state index in [1.54, 1.807) is 7.11 Å². The molecule has 0 amide bonds. The lowest BCUT2D eigenvalue weighted by atomic mass is 9.92. The SMILES string of the molecule is CC(C)(C)CCNS(C)(=O)=O.CCC.CCCOC(C)C.CCCOCCC(C)(C)C.CCOCCC(C)(C)C.CCOCCC(C)(C)C.CN(C)CCC(C)(C)C.COCCC(C)(C)C. The molecule has 0 bridgehead atoms. The van der Waals surface area contributed by atoms with Gasteiger partial charge in [0, 0.05) is 66.5 Å². The summed E-state index contributed by atoms with van der Waals surface area (Å²) in [7, 11) is 2.98. The van der Waals surface area contributed by atoms with E-state index in [2.05, 4.69) is 190 Å². The molecule has 0 unspecified atom stereocenters. The number of ether oxygens (including phenoxy) is 5. The van der Waals surface area contributed by atoms with Gasteiger partial charge in [-0.2, -0.15) is 0 Å². The molecule has 0 aromatic carbocycles. The summed E-state index contributed by atoms with van der Waals surface area (Å²) in [6, 6.07) is 0. The average molecular weight is 976 g/mol. The van der Waals surface area contributed by atoms with Crippen LogP contribution in [0.2, 0.25) is 0 Å². The van der Waals surface area contributed by atoms with Gasteiger partial charge in [0.1, 0.15) is 0 Å². The van der Waals surface area contributed by atoms with Crippen molar-refractivity contribution >= 4 is 10.0 Å². The Bertz CT molecular complexity index is 988. The van der Waals surface area contributed by atoms with Crippen molar-refractivity contribution in [2.75, 3.05) is 93.4 Å². The number of nitrogens with zero attached hydrogens (tertiary/aromatic N) is 1. The smallest absolute Gasteiger partial charge is 0.208 e. The van der Waals surface area contributed by atoms with Crippen LogP contribution in [0.1, 0.15) is 238 Å². The lowest BCUT2D eigenvalue weighted by Crippen LogP contribution is -2.26. The molecule has 0 rings (SSSR count). The fourth-order valence-electron chi connectivity index (χ4n) is 3.60. The molecule has 0 radical (unpaired) electrons. The third-order valence-electron chi connectivity index (χ3n) is 8.01. The highest BCUT2D eigenvalue weighted by atomic mass is 32.2. The van der Waals surface area contributed by atoms with Crippen LogP contribution >= 0.6 is 0 Å². The van der Waals surface area contributed by atoms with Crippen LogP contribution in [-0.2, 0) is 33.7 Å². The zero-order valence-corrected chi connectivity index (χ0v) is 52.0. The maximum Gasteiger partial charge on any atom is 0.208 e. The van der Waals surface area contributed by atoms with Crippen molar-refractivity contribution in [1.29, 1.82) is 0 Å². The Labute approximate surface area is 419 Å². The molecule has 0 aliphatic carbocycles. The van der Waals surface area contributed by atoms with Crippen molar-refractivity contribution in [1.82, 2.24) is 9.62 Å². The molecule has 412 valence electrons. The molecular formula is C56H130N2O7S. The average Bonchev–Trinajstić information content (AvgIpc) is 3.10. The predicted molar refractivity (Wildman–Crippen MR) is 299 cm³/mol. The van der Waals surface area contributed by atoms with Crippen LogP contribution in [0.3, 0.4) is 0 Å². The molecule has 0 saturated carbocycles. The van der Waals surface area contributed by atoms with Crippen LogP contribution in [0.5, 0.6) is 0 Å². The van der Waals surface area contributed by atoms with Crippen molar-refractivity contribution in [3.8, 4) is 0 Å². The highest BCUT2D eigenvalue weighted by molar-refractivity contribution is 7.88. The number of hydrogen-bond donors (Lipinski definition) is 1. The molecule has 1 N–H and O–H groups in total. The Morgan fingerprint density at radius 2 is 0.773 bits per heavy atom. The van der Waals surface area contributed by atoms with Crippen molar-refractivity contribution in [3.05, 3.63) is 0 Å². The summed E-state index contributed by atoms with van der Waals surface area (Å²) in [5, 5.41) is 0. The van der Waals surface area contributed by atoms with Crippen LogP contribution in [0.25, 0.3) is 0 Å². The molecule has 0 fully saturated rings. The maximum atomic E-state index is 10.6. The molecule has 0 aliphatic heterocycles. The first-order valence-corrected chi connectivity index (χ1v) is 27.9. The minimum absolute atomic E-state index is 0.192. The van der Waals surface area contributed by atoms with Gasteiger partial charge in [0.25, 0.3) is 0 Å².